The van der Waals surface area contributed by atoms with Crippen molar-refractivity contribution >= 4 is 17.6 Å². The Hall–Kier alpha value is -0.960. The molecular formula is C11H16N2S. The summed E-state index contributed by atoms with van der Waals surface area (Å²) in [6.07, 6.45) is 0.665. The molecule has 0 atom stereocenters. The summed E-state index contributed by atoms with van der Waals surface area (Å²) in [4.78, 5) is 1.30. The predicted octanol–water partition coefficient (Wildman–Crippen LogP) is 2.72. The van der Waals surface area contributed by atoms with Crippen molar-refractivity contribution in [3.8, 4) is 0 Å². The zero-order valence-corrected chi connectivity index (χ0v) is 9.45. The Balaban J connectivity index is 2.57. The molecule has 1 rings (SSSR count). The lowest BCUT2D eigenvalue weighted by Gasteiger charge is -2.05. The van der Waals surface area contributed by atoms with Gasteiger partial charge in [-0.1, -0.05) is 17.7 Å². The van der Waals surface area contributed by atoms with E-state index in [0.29, 0.717) is 6.42 Å². The van der Waals surface area contributed by atoms with Crippen LogP contribution >= 0.6 is 11.8 Å². The molecule has 3 heteroatoms. The van der Waals surface area contributed by atoms with Gasteiger partial charge in [0.15, 0.2) is 0 Å². The van der Waals surface area contributed by atoms with Crippen LogP contribution in [0.2, 0.25) is 0 Å². The van der Waals surface area contributed by atoms with Gasteiger partial charge >= 0.3 is 0 Å². The van der Waals surface area contributed by atoms with Gasteiger partial charge in [-0.25, -0.2) is 0 Å². The fraction of sp³-hybridized carbons (Fsp3) is 0.364. The number of amidine groups is 1. The molecule has 2 nitrogen and oxygen atoms in total. The first-order valence-electron chi connectivity index (χ1n) is 4.62. The van der Waals surface area contributed by atoms with Crippen molar-refractivity contribution in [2.45, 2.75) is 25.2 Å². The van der Waals surface area contributed by atoms with E-state index in [1.165, 1.54) is 16.0 Å². The van der Waals surface area contributed by atoms with Gasteiger partial charge in [-0.15, -0.1) is 11.8 Å². The maximum Gasteiger partial charge on any atom is 0.0913 e. The second-order valence-electron chi connectivity index (χ2n) is 3.39. The van der Waals surface area contributed by atoms with Gasteiger partial charge in [0.2, 0.25) is 0 Å². The molecule has 76 valence electrons. The molecule has 1 aromatic rings. The lowest BCUT2D eigenvalue weighted by molar-refractivity contribution is 1.21. The molecule has 0 aliphatic heterocycles. The van der Waals surface area contributed by atoms with Crippen LogP contribution in [0.15, 0.2) is 23.1 Å². The number of hydrogen-bond donors (Lipinski definition) is 2. The van der Waals surface area contributed by atoms with Crippen LogP contribution in [0.1, 0.15) is 17.5 Å². The van der Waals surface area contributed by atoms with E-state index in [9.17, 15) is 0 Å². The molecule has 0 fully saturated rings. The monoisotopic (exact) mass is 208 g/mol. The fourth-order valence-corrected chi connectivity index (χ4v) is 2.24. The standard InChI is InChI=1S/C11H16N2S/c1-8-3-4-9(2)10(7-8)14-6-5-11(12)13/h3-4,7H,5-6H2,1-2H3,(H3,12,13). The smallest absolute Gasteiger partial charge is 0.0913 e. The van der Waals surface area contributed by atoms with Gasteiger partial charge in [0.25, 0.3) is 0 Å². The Labute approximate surface area is 89.4 Å². The van der Waals surface area contributed by atoms with E-state index < -0.39 is 0 Å². The van der Waals surface area contributed by atoms with Gasteiger partial charge in [-0.05, 0) is 25.5 Å². The van der Waals surface area contributed by atoms with Gasteiger partial charge in [-0.3, -0.25) is 5.41 Å². The van der Waals surface area contributed by atoms with Crippen molar-refractivity contribution in [2.24, 2.45) is 5.73 Å². The molecule has 0 aliphatic rings. The molecular weight excluding hydrogens is 192 g/mol. The van der Waals surface area contributed by atoms with Gasteiger partial charge in [0.05, 0.1) is 5.84 Å². The molecule has 0 radical (unpaired) electrons. The van der Waals surface area contributed by atoms with Crippen LogP contribution in [-0.2, 0) is 0 Å². The summed E-state index contributed by atoms with van der Waals surface area (Å²) in [7, 11) is 0. The third-order valence-electron chi connectivity index (χ3n) is 1.97. The van der Waals surface area contributed by atoms with E-state index in [4.69, 9.17) is 11.1 Å². The number of nitrogens with two attached hydrogens (primary N) is 1. The van der Waals surface area contributed by atoms with E-state index in [0.717, 1.165) is 5.75 Å². The summed E-state index contributed by atoms with van der Waals surface area (Å²) < 4.78 is 0. The molecule has 0 saturated carbocycles. The van der Waals surface area contributed by atoms with Gasteiger partial charge in [-0.2, -0.15) is 0 Å². The molecule has 0 amide bonds. The van der Waals surface area contributed by atoms with Crippen molar-refractivity contribution < 1.29 is 0 Å². The van der Waals surface area contributed by atoms with E-state index >= 15 is 0 Å². The molecule has 14 heavy (non-hydrogen) atoms. The third-order valence-corrected chi connectivity index (χ3v) is 3.13. The van der Waals surface area contributed by atoms with Crippen LogP contribution in [0.5, 0.6) is 0 Å². The van der Waals surface area contributed by atoms with Crippen LogP contribution in [0.25, 0.3) is 0 Å². The highest BCUT2D eigenvalue weighted by Crippen LogP contribution is 2.23. The van der Waals surface area contributed by atoms with Crippen LogP contribution in [-0.4, -0.2) is 11.6 Å². The second-order valence-corrected chi connectivity index (χ2v) is 4.53. The number of rotatable bonds is 4. The highest BCUT2D eigenvalue weighted by molar-refractivity contribution is 7.99. The van der Waals surface area contributed by atoms with Crippen molar-refractivity contribution in [1.82, 2.24) is 0 Å². The lowest BCUT2D eigenvalue weighted by Crippen LogP contribution is -2.09. The van der Waals surface area contributed by atoms with Crippen LogP contribution in [0.4, 0.5) is 0 Å². The molecule has 1 aromatic carbocycles. The van der Waals surface area contributed by atoms with Crippen molar-refractivity contribution in [3.05, 3.63) is 29.3 Å². The number of nitrogens with one attached hydrogen (secondary N) is 1. The molecule has 0 aromatic heterocycles. The first kappa shape index (κ1) is 11.1. The maximum absolute atomic E-state index is 7.12. The number of benzene rings is 1. The normalized spacial score (nSPS) is 10.1. The summed E-state index contributed by atoms with van der Waals surface area (Å²) in [5, 5.41) is 7.12. The largest absolute Gasteiger partial charge is 0.388 e. The molecule has 0 heterocycles. The van der Waals surface area contributed by atoms with E-state index in [-0.39, 0.29) is 5.84 Å². The summed E-state index contributed by atoms with van der Waals surface area (Å²) in [5.41, 5.74) is 7.87. The molecule has 3 N–H and O–H groups in total. The fourth-order valence-electron chi connectivity index (χ4n) is 1.13. The molecule has 0 unspecified atom stereocenters. The average Bonchev–Trinajstić information content (AvgIpc) is 2.10. The summed E-state index contributed by atoms with van der Waals surface area (Å²) in [5.74, 6) is 1.16. The van der Waals surface area contributed by atoms with E-state index in [2.05, 4.69) is 32.0 Å². The summed E-state index contributed by atoms with van der Waals surface area (Å²) >= 11 is 1.77. The Bertz CT molecular complexity index is 334. The van der Waals surface area contributed by atoms with E-state index in [1.54, 1.807) is 11.8 Å². The first-order valence-corrected chi connectivity index (χ1v) is 5.61. The van der Waals surface area contributed by atoms with Crippen LogP contribution in [0.3, 0.4) is 0 Å². The zero-order chi connectivity index (χ0) is 10.6. The Morgan fingerprint density at radius 2 is 2.14 bits per heavy atom. The number of aryl methyl sites for hydroxylation is 2. The second kappa shape index (κ2) is 5.05. The van der Waals surface area contributed by atoms with E-state index in [1.807, 2.05) is 0 Å². The molecule has 0 spiro atoms. The molecule has 0 aliphatic carbocycles. The number of hydrogen-bond acceptors (Lipinski definition) is 2. The average molecular weight is 208 g/mol. The minimum atomic E-state index is 0.266. The highest BCUT2D eigenvalue weighted by atomic mass is 32.2. The van der Waals surface area contributed by atoms with Crippen molar-refractivity contribution in [3.63, 3.8) is 0 Å². The highest BCUT2D eigenvalue weighted by Gasteiger charge is 1.99. The Morgan fingerprint density at radius 1 is 1.43 bits per heavy atom. The molecule has 0 bridgehead atoms. The topological polar surface area (TPSA) is 49.9 Å². The SMILES string of the molecule is Cc1ccc(C)c(SCCC(=N)N)c1. The van der Waals surface area contributed by atoms with Crippen LogP contribution < -0.4 is 5.73 Å². The van der Waals surface area contributed by atoms with Crippen molar-refractivity contribution in [2.75, 3.05) is 5.75 Å². The van der Waals surface area contributed by atoms with Gasteiger partial charge in [0, 0.05) is 17.1 Å². The Morgan fingerprint density at radius 3 is 2.79 bits per heavy atom. The lowest BCUT2D eigenvalue weighted by atomic mass is 10.2. The molecule has 0 saturated heterocycles. The van der Waals surface area contributed by atoms with Crippen LogP contribution in [0, 0.1) is 19.3 Å². The zero-order valence-electron chi connectivity index (χ0n) is 8.63. The van der Waals surface area contributed by atoms with Gasteiger partial charge < -0.3 is 5.73 Å². The summed E-state index contributed by atoms with van der Waals surface area (Å²) in [6, 6.07) is 6.43. The third kappa shape index (κ3) is 3.42. The quantitative estimate of drug-likeness (QED) is 0.454. The predicted molar refractivity (Wildman–Crippen MR) is 63.2 cm³/mol. The van der Waals surface area contributed by atoms with Gasteiger partial charge in [0.1, 0.15) is 0 Å². The summed E-state index contributed by atoms with van der Waals surface area (Å²) in [6.45, 7) is 4.20. The minimum Gasteiger partial charge on any atom is -0.388 e. The Kier molecular flexibility index (Phi) is 4.01. The minimum absolute atomic E-state index is 0.266. The van der Waals surface area contributed by atoms with Crippen molar-refractivity contribution in [1.29, 1.82) is 5.41 Å². The maximum atomic E-state index is 7.12. The number of thioether (sulfide) groups is 1. The first-order chi connectivity index (χ1) is 6.59.